The van der Waals surface area contributed by atoms with Gasteiger partial charge in [-0.3, -0.25) is 14.2 Å². The van der Waals surface area contributed by atoms with Crippen molar-refractivity contribution in [3.8, 4) is 22.9 Å². The van der Waals surface area contributed by atoms with Crippen LogP contribution in [0.1, 0.15) is 103 Å². The molecule has 2 aliphatic heterocycles. The summed E-state index contributed by atoms with van der Waals surface area (Å²) < 4.78 is 62.5. The summed E-state index contributed by atoms with van der Waals surface area (Å²) in [6.07, 6.45) is 5.33. The number of rotatable bonds is 11. The summed E-state index contributed by atoms with van der Waals surface area (Å²) in [5.74, 6) is -2.85. The number of halogens is 3. The molecule has 2 saturated carbocycles. The van der Waals surface area contributed by atoms with Gasteiger partial charge in [0.1, 0.15) is 63.4 Å². The number of anilines is 1. The molecule has 2 aromatic carbocycles. The second-order valence-corrected chi connectivity index (χ2v) is 21.8. The smallest absolute Gasteiger partial charge is 0.408 e. The number of benzene rings is 2. The van der Waals surface area contributed by atoms with Gasteiger partial charge in [-0.05, 0) is 89.0 Å². The van der Waals surface area contributed by atoms with Gasteiger partial charge in [0.25, 0.3) is 0 Å². The Balaban J connectivity index is 1.14. The van der Waals surface area contributed by atoms with E-state index in [1.54, 1.807) is 18.2 Å². The standard InChI is InChI=1S/C46H56ClF2N6O8PS/c1-26(2)50-44-52-36(25-65-44)35-21-39(30-18-19-38(61-3)40(47)41(30)51-35)62-29-20-37-42(56)54-46(64(59,60)24-31-32(48)15-11-16-33(31)49)22-27(46)12-7-5-4-6-8-17-34(43(57)55(37)23-29)53-45(58)63-28-13-9-10-14-28/h11,15-16,18-19,21,25-29,34,37H,4-10,12-14,17,20,22-24H2,1-3H3,(H,50,52)(H,53,58)(H,54,56)(H,59,60)/t27-,29-,34+,37?,46+/m1/s1. The van der Waals surface area contributed by atoms with Gasteiger partial charge in [-0.2, -0.15) is 0 Å². The van der Waals surface area contributed by atoms with Crippen molar-refractivity contribution in [1.82, 2.24) is 25.5 Å². The van der Waals surface area contributed by atoms with Crippen molar-refractivity contribution in [3.63, 3.8) is 0 Å². The van der Waals surface area contributed by atoms with Gasteiger partial charge in [0.2, 0.25) is 19.2 Å². The summed E-state index contributed by atoms with van der Waals surface area (Å²) in [6, 6.07) is 6.29. The van der Waals surface area contributed by atoms with Gasteiger partial charge < -0.3 is 40.0 Å². The number of nitrogens with zero attached hydrogens (tertiary/aromatic N) is 3. The highest BCUT2D eigenvalue weighted by Crippen LogP contribution is 2.71. The zero-order valence-electron chi connectivity index (χ0n) is 36.7. The molecule has 2 unspecified atom stereocenters. The molecule has 4 aliphatic rings. The third kappa shape index (κ3) is 10.2. The van der Waals surface area contributed by atoms with Gasteiger partial charge in [0, 0.05) is 34.9 Å². The van der Waals surface area contributed by atoms with E-state index >= 15 is 0 Å². The molecule has 0 radical (unpaired) electrons. The minimum atomic E-state index is -4.56. The second-order valence-electron chi connectivity index (χ2n) is 18.0. The van der Waals surface area contributed by atoms with Gasteiger partial charge in [-0.25, -0.2) is 23.5 Å². The van der Waals surface area contributed by atoms with E-state index in [0.717, 1.165) is 57.1 Å². The molecule has 2 aromatic heterocycles. The number of ether oxygens (including phenoxy) is 3. The van der Waals surface area contributed by atoms with E-state index in [1.807, 2.05) is 19.2 Å². The first-order valence-electron chi connectivity index (χ1n) is 22.6. The zero-order valence-corrected chi connectivity index (χ0v) is 39.2. The van der Waals surface area contributed by atoms with Crippen LogP contribution in [0.25, 0.3) is 22.3 Å². The Kier molecular flexibility index (Phi) is 14.2. The number of hydrogen-bond donors (Lipinski definition) is 4. The number of hydrogen-bond acceptors (Lipinski definition) is 11. The normalized spacial score (nSPS) is 25.2. The number of methoxy groups -OCH3 is 1. The molecule has 14 nitrogen and oxygen atoms in total. The van der Waals surface area contributed by atoms with Gasteiger partial charge >= 0.3 is 6.09 Å². The first-order chi connectivity index (χ1) is 31.2. The van der Waals surface area contributed by atoms with Gasteiger partial charge in [-0.1, -0.05) is 49.8 Å². The third-order valence-electron chi connectivity index (χ3n) is 13.1. The highest BCUT2D eigenvalue weighted by atomic mass is 35.5. The van der Waals surface area contributed by atoms with Crippen molar-refractivity contribution in [1.29, 1.82) is 0 Å². The van der Waals surface area contributed by atoms with Crippen molar-refractivity contribution in [3.05, 3.63) is 64.0 Å². The fourth-order valence-corrected chi connectivity index (χ4v) is 13.2. The van der Waals surface area contributed by atoms with Crippen molar-refractivity contribution in [2.24, 2.45) is 5.92 Å². The largest absolute Gasteiger partial charge is 0.495 e. The molecule has 4 fully saturated rings. The predicted molar refractivity (Wildman–Crippen MR) is 245 cm³/mol. The Bertz CT molecular complexity index is 2450. The molecule has 19 heteroatoms. The first-order valence-corrected chi connectivity index (χ1v) is 25.7. The maximum atomic E-state index is 15.0. The molecule has 0 bridgehead atoms. The lowest BCUT2D eigenvalue weighted by molar-refractivity contribution is -0.140. The van der Waals surface area contributed by atoms with Gasteiger partial charge in [0.15, 0.2) is 5.13 Å². The highest BCUT2D eigenvalue weighted by molar-refractivity contribution is 7.59. The maximum absolute atomic E-state index is 15.0. The van der Waals surface area contributed by atoms with Crippen molar-refractivity contribution in [2.45, 2.75) is 139 Å². The lowest BCUT2D eigenvalue weighted by atomic mass is 10.0. The molecule has 8 rings (SSSR count). The van der Waals surface area contributed by atoms with Crippen LogP contribution < -0.4 is 25.4 Å². The van der Waals surface area contributed by atoms with Crippen LogP contribution in [-0.2, 0) is 25.1 Å². The summed E-state index contributed by atoms with van der Waals surface area (Å²) >= 11 is 8.28. The van der Waals surface area contributed by atoms with Crippen LogP contribution in [0.5, 0.6) is 11.5 Å². The lowest BCUT2D eigenvalue weighted by Gasteiger charge is -2.31. The third-order valence-corrected chi connectivity index (χ3v) is 16.9. The molecule has 2 saturated heterocycles. The Morgan fingerprint density at radius 3 is 2.43 bits per heavy atom. The molecule has 6 atom stereocenters. The number of pyridine rings is 1. The summed E-state index contributed by atoms with van der Waals surface area (Å²) in [6.45, 7) is 3.92. The molecule has 0 spiro atoms. The van der Waals surface area contributed by atoms with E-state index in [0.29, 0.717) is 64.6 Å². The fraction of sp³-hybridized carbons (Fsp3) is 0.543. The van der Waals surface area contributed by atoms with Crippen LogP contribution in [0.3, 0.4) is 0 Å². The zero-order chi connectivity index (χ0) is 46.0. The van der Waals surface area contributed by atoms with E-state index in [9.17, 15) is 32.6 Å². The molecular weight excluding hydrogens is 901 g/mol. The van der Waals surface area contributed by atoms with E-state index in [2.05, 4.69) is 16.0 Å². The van der Waals surface area contributed by atoms with Crippen LogP contribution in [0.15, 0.2) is 41.8 Å². The Labute approximate surface area is 386 Å². The number of aromatic nitrogens is 2. The predicted octanol–water partition coefficient (Wildman–Crippen LogP) is 9.55. The Morgan fingerprint density at radius 2 is 1.71 bits per heavy atom. The van der Waals surface area contributed by atoms with Gasteiger partial charge in [-0.15, -0.1) is 11.3 Å². The molecule has 3 amide bonds. The van der Waals surface area contributed by atoms with Crippen LogP contribution in [0, 0.1) is 17.6 Å². The van der Waals surface area contributed by atoms with E-state index in [-0.39, 0.29) is 36.6 Å². The summed E-state index contributed by atoms with van der Waals surface area (Å²) in [5, 5.41) is 10.7. The molecular formula is C46H56ClF2N6O8PS. The van der Waals surface area contributed by atoms with Gasteiger partial charge in [0.05, 0.1) is 31.0 Å². The summed E-state index contributed by atoms with van der Waals surface area (Å²) in [7, 11) is -3.06. The first kappa shape index (κ1) is 46.9. The number of nitrogens with one attached hydrogen (secondary N) is 3. The summed E-state index contributed by atoms with van der Waals surface area (Å²) in [5.41, 5.74) is 0.862. The minimum Gasteiger partial charge on any atom is -0.495 e. The van der Waals surface area contributed by atoms with Crippen LogP contribution in [-0.4, -0.2) is 86.9 Å². The Morgan fingerprint density at radius 1 is 1.00 bits per heavy atom. The quantitative estimate of drug-likeness (QED) is 0.105. The lowest BCUT2D eigenvalue weighted by Crippen LogP contribution is -2.55. The minimum absolute atomic E-state index is 0.0442. The number of fused-ring (bicyclic) bond motifs is 3. The second kappa shape index (κ2) is 19.7. The molecule has 350 valence electrons. The molecule has 4 heterocycles. The number of carbonyl (C=O) groups excluding carboxylic acids is 3. The number of carbonyl (C=O) groups is 3. The van der Waals surface area contributed by atoms with Crippen molar-refractivity contribution in [2.75, 3.05) is 19.0 Å². The molecule has 2 aliphatic carbocycles. The fourth-order valence-electron chi connectivity index (χ4n) is 9.58. The number of thiazole rings is 1. The maximum Gasteiger partial charge on any atom is 0.408 e. The average Bonchev–Trinajstić information content (AvgIpc) is 3.68. The van der Waals surface area contributed by atoms with Crippen LogP contribution >= 0.6 is 30.3 Å². The topological polar surface area (TPSA) is 181 Å². The monoisotopic (exact) mass is 956 g/mol. The Hall–Kier alpha value is -4.57. The number of amides is 3. The SMILES string of the molecule is COc1ccc2c(O[C@@H]3CC4C(=O)N[C@]5(P(=O)(O)Cc6c(F)cccc6F)C[C@H]5CCCCCCC[C@H](NC(=O)OC5CCCC5)C(=O)N4C3)cc(-c3csc(NC(C)C)n3)nc2c1Cl. The van der Waals surface area contributed by atoms with Crippen molar-refractivity contribution >= 4 is 64.2 Å². The van der Waals surface area contributed by atoms with Crippen LogP contribution in [0.4, 0.5) is 18.7 Å². The molecule has 65 heavy (non-hydrogen) atoms. The average molecular weight is 957 g/mol. The molecule has 4 N–H and O–H groups in total. The van der Waals surface area contributed by atoms with E-state index in [1.165, 1.54) is 29.4 Å². The molecule has 4 aromatic rings. The van der Waals surface area contributed by atoms with Crippen LogP contribution in [0.2, 0.25) is 5.02 Å². The van der Waals surface area contributed by atoms with E-state index < -0.39 is 78.0 Å². The van der Waals surface area contributed by atoms with E-state index in [4.69, 9.17) is 35.8 Å². The highest BCUT2D eigenvalue weighted by Gasteiger charge is 2.66. The number of alkyl carbamates (subject to hydrolysis) is 1. The van der Waals surface area contributed by atoms with Crippen molar-refractivity contribution < 1.29 is 46.8 Å². The summed E-state index contributed by atoms with van der Waals surface area (Å²) in [4.78, 5) is 65.9.